The first-order chi connectivity index (χ1) is 10.6. The summed E-state index contributed by atoms with van der Waals surface area (Å²) in [4.78, 5) is 26.9. The van der Waals surface area contributed by atoms with E-state index in [0.717, 1.165) is 22.0 Å². The fourth-order valence-electron chi connectivity index (χ4n) is 2.60. The average Bonchev–Trinajstić information content (AvgIpc) is 2.86. The van der Waals surface area contributed by atoms with Gasteiger partial charge in [-0.2, -0.15) is 0 Å². The van der Waals surface area contributed by atoms with Crippen LogP contribution in [0.2, 0.25) is 0 Å². The van der Waals surface area contributed by atoms with E-state index in [9.17, 15) is 9.59 Å². The Labute approximate surface area is 129 Å². The number of hydrogen-bond donors (Lipinski definition) is 1. The highest BCUT2D eigenvalue weighted by Crippen LogP contribution is 2.27. The lowest BCUT2D eigenvalue weighted by Crippen LogP contribution is -2.10. The topological polar surface area (TPSA) is 68.4 Å². The fraction of sp³-hybridized carbons (Fsp3) is 0.412. The van der Waals surface area contributed by atoms with Crippen LogP contribution in [0.1, 0.15) is 41.9 Å². The van der Waals surface area contributed by atoms with Crippen molar-refractivity contribution < 1.29 is 19.1 Å². The number of aryl methyl sites for hydroxylation is 2. The molecule has 0 radical (unpaired) electrons. The van der Waals surface area contributed by atoms with Gasteiger partial charge in [-0.3, -0.25) is 4.79 Å². The van der Waals surface area contributed by atoms with Crippen molar-refractivity contribution in [2.75, 3.05) is 13.2 Å². The van der Waals surface area contributed by atoms with Crippen molar-refractivity contribution in [1.29, 1.82) is 0 Å². The molecule has 1 aromatic carbocycles. The number of esters is 2. The Bertz CT molecular complexity index is 687. The van der Waals surface area contributed by atoms with Gasteiger partial charge in [-0.15, -0.1) is 0 Å². The van der Waals surface area contributed by atoms with Crippen molar-refractivity contribution in [2.45, 2.75) is 33.6 Å². The van der Waals surface area contributed by atoms with E-state index in [0.29, 0.717) is 25.3 Å². The molecule has 1 N–H and O–H groups in total. The van der Waals surface area contributed by atoms with Crippen molar-refractivity contribution in [3.63, 3.8) is 0 Å². The molecule has 1 aromatic heterocycles. The largest absolute Gasteiger partial charge is 0.466 e. The summed E-state index contributed by atoms with van der Waals surface area (Å²) in [5.74, 6) is -0.655. The number of ether oxygens (including phenoxy) is 2. The molecule has 0 fully saturated rings. The maximum atomic E-state index is 12.1. The van der Waals surface area contributed by atoms with Crippen LogP contribution in [-0.2, 0) is 20.7 Å². The number of H-pyrrole nitrogens is 1. The molecule has 0 aliphatic heterocycles. The second-order valence-corrected chi connectivity index (χ2v) is 5.00. The van der Waals surface area contributed by atoms with Crippen molar-refractivity contribution in [1.82, 2.24) is 4.98 Å². The summed E-state index contributed by atoms with van der Waals surface area (Å²) in [5, 5.41) is 0.981. The van der Waals surface area contributed by atoms with Crippen molar-refractivity contribution in [3.8, 4) is 0 Å². The molecular weight excluding hydrogens is 282 g/mol. The van der Waals surface area contributed by atoms with E-state index < -0.39 is 5.97 Å². The Morgan fingerprint density at radius 1 is 1.14 bits per heavy atom. The number of benzene rings is 1. The molecule has 0 amide bonds. The van der Waals surface area contributed by atoms with E-state index in [2.05, 4.69) is 4.98 Å². The number of nitrogens with one attached hydrogen (secondary N) is 1. The van der Waals surface area contributed by atoms with Gasteiger partial charge in [0.05, 0.1) is 13.2 Å². The highest BCUT2D eigenvalue weighted by molar-refractivity contribution is 5.99. The molecule has 5 heteroatoms. The molecule has 22 heavy (non-hydrogen) atoms. The first kappa shape index (κ1) is 16.1. The van der Waals surface area contributed by atoms with Gasteiger partial charge in [0.25, 0.3) is 0 Å². The molecule has 2 rings (SSSR count). The minimum absolute atomic E-state index is 0.238. The van der Waals surface area contributed by atoms with Gasteiger partial charge in [0.1, 0.15) is 5.69 Å². The van der Waals surface area contributed by atoms with Crippen LogP contribution in [0.3, 0.4) is 0 Å². The van der Waals surface area contributed by atoms with Gasteiger partial charge in [0.2, 0.25) is 0 Å². The first-order valence-corrected chi connectivity index (χ1v) is 7.51. The van der Waals surface area contributed by atoms with Gasteiger partial charge in [-0.05, 0) is 44.4 Å². The highest BCUT2D eigenvalue weighted by Gasteiger charge is 2.20. The minimum atomic E-state index is -0.392. The average molecular weight is 303 g/mol. The van der Waals surface area contributed by atoms with Crippen LogP contribution in [-0.4, -0.2) is 30.1 Å². The summed E-state index contributed by atoms with van der Waals surface area (Å²) in [5.41, 5.74) is 3.18. The number of aromatic nitrogens is 1. The summed E-state index contributed by atoms with van der Waals surface area (Å²) in [7, 11) is 0. The quantitative estimate of drug-likeness (QED) is 0.832. The van der Waals surface area contributed by atoms with E-state index in [1.807, 2.05) is 25.1 Å². The second-order valence-electron chi connectivity index (χ2n) is 5.00. The minimum Gasteiger partial charge on any atom is -0.466 e. The molecule has 0 unspecified atom stereocenters. The molecule has 0 aliphatic carbocycles. The van der Waals surface area contributed by atoms with Gasteiger partial charge < -0.3 is 14.5 Å². The Kier molecular flexibility index (Phi) is 5.20. The van der Waals surface area contributed by atoms with Crippen molar-refractivity contribution in [3.05, 3.63) is 35.0 Å². The Hall–Kier alpha value is -2.30. The van der Waals surface area contributed by atoms with Crippen LogP contribution in [0.5, 0.6) is 0 Å². The van der Waals surface area contributed by atoms with E-state index >= 15 is 0 Å². The monoisotopic (exact) mass is 303 g/mol. The van der Waals surface area contributed by atoms with Crippen LogP contribution < -0.4 is 0 Å². The molecule has 0 saturated heterocycles. The summed E-state index contributed by atoms with van der Waals surface area (Å²) in [6, 6.07) is 5.83. The van der Waals surface area contributed by atoms with Gasteiger partial charge in [-0.25, -0.2) is 4.79 Å². The van der Waals surface area contributed by atoms with Gasteiger partial charge >= 0.3 is 11.9 Å². The van der Waals surface area contributed by atoms with Crippen LogP contribution in [0.4, 0.5) is 0 Å². The highest BCUT2D eigenvalue weighted by atomic mass is 16.5. The van der Waals surface area contributed by atoms with E-state index in [4.69, 9.17) is 9.47 Å². The first-order valence-electron chi connectivity index (χ1n) is 7.51. The van der Waals surface area contributed by atoms with E-state index in [1.165, 1.54) is 0 Å². The molecule has 0 spiro atoms. The molecular formula is C17H21NO4. The zero-order chi connectivity index (χ0) is 16.1. The van der Waals surface area contributed by atoms with Crippen LogP contribution in [0.15, 0.2) is 18.2 Å². The third kappa shape index (κ3) is 3.30. The summed E-state index contributed by atoms with van der Waals surface area (Å²) < 4.78 is 10.1. The van der Waals surface area contributed by atoms with E-state index in [-0.39, 0.29) is 12.4 Å². The number of hydrogen-bond acceptors (Lipinski definition) is 4. The number of aromatic amines is 1. The summed E-state index contributed by atoms with van der Waals surface area (Å²) >= 11 is 0. The van der Waals surface area contributed by atoms with Crippen LogP contribution in [0.25, 0.3) is 10.9 Å². The molecule has 0 bridgehead atoms. The molecule has 0 saturated carbocycles. The normalized spacial score (nSPS) is 10.7. The Morgan fingerprint density at radius 3 is 2.55 bits per heavy atom. The summed E-state index contributed by atoms with van der Waals surface area (Å²) in [6.07, 6.45) is 0.680. The van der Waals surface area contributed by atoms with Crippen molar-refractivity contribution >= 4 is 22.8 Å². The van der Waals surface area contributed by atoms with Gasteiger partial charge in [0.15, 0.2) is 0 Å². The number of carbonyl (C=O) groups excluding carboxylic acids is 2. The zero-order valence-electron chi connectivity index (χ0n) is 13.2. The van der Waals surface area contributed by atoms with Gasteiger partial charge in [0, 0.05) is 17.3 Å². The van der Waals surface area contributed by atoms with Crippen molar-refractivity contribution in [2.24, 2.45) is 0 Å². The number of carbonyl (C=O) groups is 2. The van der Waals surface area contributed by atoms with E-state index in [1.54, 1.807) is 13.8 Å². The zero-order valence-corrected chi connectivity index (χ0v) is 13.2. The molecule has 0 aliphatic rings. The van der Waals surface area contributed by atoms with Crippen LogP contribution >= 0.6 is 0 Å². The number of rotatable bonds is 6. The SMILES string of the molecule is CCOC(=O)CCc1c(C(=O)OCC)[nH]c2cccc(C)c12. The molecule has 2 aromatic rings. The molecule has 1 heterocycles. The maximum absolute atomic E-state index is 12.1. The molecule has 118 valence electrons. The fourth-order valence-corrected chi connectivity index (χ4v) is 2.60. The standard InChI is InChI=1S/C17H21NO4/c1-4-21-14(19)10-9-12-15-11(3)7-6-8-13(15)18-16(12)17(20)22-5-2/h6-8,18H,4-5,9-10H2,1-3H3. The van der Waals surface area contributed by atoms with Gasteiger partial charge in [-0.1, -0.05) is 12.1 Å². The lowest BCUT2D eigenvalue weighted by atomic mass is 10.0. The Morgan fingerprint density at radius 2 is 1.86 bits per heavy atom. The number of fused-ring (bicyclic) bond motifs is 1. The smallest absolute Gasteiger partial charge is 0.355 e. The third-order valence-corrected chi connectivity index (χ3v) is 3.50. The second kappa shape index (κ2) is 7.11. The molecule has 0 atom stereocenters. The predicted octanol–water partition coefficient (Wildman–Crippen LogP) is 3.15. The van der Waals surface area contributed by atoms with Crippen LogP contribution in [0, 0.1) is 6.92 Å². The lowest BCUT2D eigenvalue weighted by Gasteiger charge is -2.06. The Balaban J connectivity index is 2.40. The predicted molar refractivity (Wildman–Crippen MR) is 83.9 cm³/mol. The maximum Gasteiger partial charge on any atom is 0.355 e. The summed E-state index contributed by atoms with van der Waals surface area (Å²) in [6.45, 7) is 6.20. The lowest BCUT2D eigenvalue weighted by molar-refractivity contribution is -0.143. The molecule has 5 nitrogen and oxygen atoms in total. The third-order valence-electron chi connectivity index (χ3n) is 3.50.